The van der Waals surface area contributed by atoms with E-state index in [1.807, 2.05) is 0 Å². The van der Waals surface area contributed by atoms with Gasteiger partial charge in [-0.1, -0.05) is 36.1 Å². The van der Waals surface area contributed by atoms with Gasteiger partial charge in [-0.3, -0.25) is 9.69 Å². The zero-order valence-electron chi connectivity index (χ0n) is 14.2. The number of methoxy groups -OCH3 is 1. The lowest BCUT2D eigenvalue weighted by Gasteiger charge is -2.14. The molecule has 1 heterocycles. The second kappa shape index (κ2) is 8.24. The van der Waals surface area contributed by atoms with E-state index in [1.165, 1.54) is 16.7 Å². The molecule has 2 aromatic rings. The van der Waals surface area contributed by atoms with Crippen LogP contribution in [0.1, 0.15) is 5.56 Å². The molecule has 0 aliphatic carbocycles. The number of aliphatic carboxylic acids is 1. The molecule has 0 spiro atoms. The zero-order chi connectivity index (χ0) is 19.4. The number of thiocarbonyl (C=S) groups is 1. The molecule has 8 heteroatoms. The van der Waals surface area contributed by atoms with Crippen molar-refractivity contribution in [2.24, 2.45) is 0 Å². The van der Waals surface area contributed by atoms with Crippen LogP contribution in [0.15, 0.2) is 53.4 Å². The van der Waals surface area contributed by atoms with Crippen molar-refractivity contribution < 1.29 is 24.2 Å². The van der Waals surface area contributed by atoms with Gasteiger partial charge in [-0.2, -0.15) is 0 Å². The summed E-state index contributed by atoms with van der Waals surface area (Å²) < 4.78 is 10.7. The second-order valence-electron chi connectivity index (χ2n) is 5.47. The van der Waals surface area contributed by atoms with Gasteiger partial charge in [0.15, 0.2) is 10.9 Å². The number of thioether (sulfide) groups is 1. The van der Waals surface area contributed by atoms with Gasteiger partial charge >= 0.3 is 5.97 Å². The molecule has 2 aromatic carbocycles. The standard InChI is InChI=1S/C19H15NO5S2/c1-24-14-7-5-13(6-8-14)20-18(23)16(27-19(20)26)10-12-3-2-4-15(9-12)25-11-17(21)22/h2-10H,11H2,1H3,(H,21,22)/b16-10-. The lowest BCUT2D eigenvalue weighted by molar-refractivity contribution is -0.139. The van der Waals surface area contributed by atoms with E-state index >= 15 is 0 Å². The quantitative estimate of drug-likeness (QED) is 0.586. The van der Waals surface area contributed by atoms with E-state index < -0.39 is 12.6 Å². The van der Waals surface area contributed by atoms with Crippen molar-refractivity contribution in [1.29, 1.82) is 0 Å². The first-order valence-corrected chi connectivity index (χ1v) is 9.07. The van der Waals surface area contributed by atoms with Crippen LogP contribution >= 0.6 is 24.0 Å². The van der Waals surface area contributed by atoms with Crippen molar-refractivity contribution in [2.75, 3.05) is 18.6 Å². The van der Waals surface area contributed by atoms with Gasteiger partial charge < -0.3 is 14.6 Å². The summed E-state index contributed by atoms with van der Waals surface area (Å²) in [6.45, 7) is -0.428. The number of benzene rings is 2. The van der Waals surface area contributed by atoms with Crippen molar-refractivity contribution in [3.63, 3.8) is 0 Å². The van der Waals surface area contributed by atoms with Gasteiger partial charge in [-0.05, 0) is 48.0 Å². The molecule has 1 saturated heterocycles. The molecule has 0 aromatic heterocycles. The number of ether oxygens (including phenoxy) is 2. The van der Waals surface area contributed by atoms with Crippen molar-refractivity contribution in [1.82, 2.24) is 0 Å². The van der Waals surface area contributed by atoms with Crippen LogP contribution in [0.25, 0.3) is 6.08 Å². The molecule has 0 saturated carbocycles. The first-order valence-electron chi connectivity index (χ1n) is 7.84. The molecule has 6 nitrogen and oxygen atoms in total. The fraction of sp³-hybridized carbons (Fsp3) is 0.105. The predicted octanol–water partition coefficient (Wildman–Crippen LogP) is 3.56. The number of rotatable bonds is 6. The van der Waals surface area contributed by atoms with E-state index in [0.717, 1.165) is 0 Å². The minimum Gasteiger partial charge on any atom is -0.497 e. The van der Waals surface area contributed by atoms with Crippen molar-refractivity contribution >= 4 is 51.9 Å². The fourth-order valence-corrected chi connectivity index (χ4v) is 3.71. The monoisotopic (exact) mass is 401 g/mol. The summed E-state index contributed by atoms with van der Waals surface area (Å²) in [6.07, 6.45) is 1.70. The molecule has 0 bridgehead atoms. The molecule has 27 heavy (non-hydrogen) atoms. The van der Waals surface area contributed by atoms with Crippen LogP contribution in [0.3, 0.4) is 0 Å². The number of carboxylic acid groups (broad SMARTS) is 1. The molecule has 0 unspecified atom stereocenters. The summed E-state index contributed by atoms with van der Waals surface area (Å²) >= 11 is 6.56. The maximum Gasteiger partial charge on any atom is 0.341 e. The van der Waals surface area contributed by atoms with Crippen LogP contribution in [0.2, 0.25) is 0 Å². The zero-order valence-corrected chi connectivity index (χ0v) is 15.9. The first-order chi connectivity index (χ1) is 13.0. The Bertz CT molecular complexity index is 924. The fourth-order valence-electron chi connectivity index (χ4n) is 2.41. The van der Waals surface area contributed by atoms with Gasteiger partial charge in [0, 0.05) is 0 Å². The first kappa shape index (κ1) is 18.9. The smallest absolute Gasteiger partial charge is 0.341 e. The third-order valence-corrected chi connectivity index (χ3v) is 4.94. The van der Waals surface area contributed by atoms with Crippen molar-refractivity contribution in [2.45, 2.75) is 0 Å². The number of hydrogen-bond acceptors (Lipinski definition) is 6. The van der Waals surface area contributed by atoms with Gasteiger partial charge in [0.25, 0.3) is 5.91 Å². The Balaban J connectivity index is 1.81. The van der Waals surface area contributed by atoms with Crippen molar-refractivity contribution in [3.8, 4) is 11.5 Å². The number of anilines is 1. The molecular formula is C19H15NO5S2. The van der Waals surface area contributed by atoms with Crippen molar-refractivity contribution in [3.05, 3.63) is 59.0 Å². The van der Waals surface area contributed by atoms with Crippen LogP contribution in [0.5, 0.6) is 11.5 Å². The number of carbonyl (C=O) groups excluding carboxylic acids is 1. The summed E-state index contributed by atoms with van der Waals surface area (Å²) in [5.41, 5.74) is 1.38. The van der Waals surface area contributed by atoms with Gasteiger partial charge in [-0.15, -0.1) is 0 Å². The summed E-state index contributed by atoms with van der Waals surface area (Å²) in [5.74, 6) is -0.164. The molecule has 1 aliphatic rings. The normalized spacial score (nSPS) is 15.3. The lowest BCUT2D eigenvalue weighted by atomic mass is 10.2. The highest BCUT2D eigenvalue weighted by atomic mass is 32.2. The third kappa shape index (κ3) is 4.47. The number of nitrogens with zero attached hydrogens (tertiary/aromatic N) is 1. The highest BCUT2D eigenvalue weighted by Gasteiger charge is 2.33. The molecule has 0 atom stereocenters. The number of carboxylic acids is 1. The second-order valence-corrected chi connectivity index (χ2v) is 7.15. The number of hydrogen-bond donors (Lipinski definition) is 1. The van der Waals surface area contributed by atoms with E-state index in [0.29, 0.717) is 32.0 Å². The van der Waals surface area contributed by atoms with Crippen LogP contribution in [0, 0.1) is 0 Å². The van der Waals surface area contributed by atoms with Gasteiger partial charge in [0.1, 0.15) is 11.5 Å². The average Bonchev–Trinajstić information content (AvgIpc) is 2.94. The van der Waals surface area contributed by atoms with E-state index in [1.54, 1.807) is 61.7 Å². The molecule has 1 fully saturated rings. The van der Waals surface area contributed by atoms with E-state index in [2.05, 4.69) is 0 Å². The SMILES string of the molecule is COc1ccc(N2C(=O)/C(=C/c3cccc(OCC(=O)O)c3)SC2=S)cc1. The van der Waals surface area contributed by atoms with Crippen LogP contribution in [-0.4, -0.2) is 35.0 Å². The molecule has 0 radical (unpaired) electrons. The summed E-state index contributed by atoms with van der Waals surface area (Å²) in [7, 11) is 1.58. The Hall–Kier alpha value is -2.84. The molecule has 1 amide bonds. The van der Waals surface area contributed by atoms with Crippen LogP contribution in [-0.2, 0) is 9.59 Å². The molecule has 1 aliphatic heterocycles. The molecular weight excluding hydrogens is 386 g/mol. The van der Waals surface area contributed by atoms with Gasteiger partial charge in [-0.25, -0.2) is 4.79 Å². The van der Waals surface area contributed by atoms with Gasteiger partial charge in [0.2, 0.25) is 0 Å². The Kier molecular flexibility index (Phi) is 5.78. The molecule has 138 valence electrons. The maximum atomic E-state index is 12.8. The summed E-state index contributed by atoms with van der Waals surface area (Å²) in [5, 5.41) is 8.70. The van der Waals surface area contributed by atoms with E-state index in [9.17, 15) is 9.59 Å². The maximum absolute atomic E-state index is 12.8. The Morgan fingerprint density at radius 3 is 2.63 bits per heavy atom. The molecule has 3 rings (SSSR count). The van der Waals surface area contributed by atoms with E-state index in [-0.39, 0.29) is 5.91 Å². The number of amides is 1. The predicted molar refractivity (Wildman–Crippen MR) is 108 cm³/mol. The Morgan fingerprint density at radius 1 is 1.22 bits per heavy atom. The topological polar surface area (TPSA) is 76.1 Å². The largest absolute Gasteiger partial charge is 0.497 e. The van der Waals surface area contributed by atoms with Crippen LogP contribution < -0.4 is 14.4 Å². The Labute approximate surface area is 165 Å². The minimum absolute atomic E-state index is 0.216. The molecule has 1 N–H and O–H groups in total. The van der Waals surface area contributed by atoms with Gasteiger partial charge in [0.05, 0.1) is 17.7 Å². The van der Waals surface area contributed by atoms with E-state index in [4.69, 9.17) is 26.8 Å². The summed E-state index contributed by atoms with van der Waals surface area (Å²) in [6, 6.07) is 13.9. The number of carbonyl (C=O) groups is 2. The minimum atomic E-state index is -1.05. The summed E-state index contributed by atoms with van der Waals surface area (Å²) in [4.78, 5) is 25.3. The Morgan fingerprint density at radius 2 is 1.96 bits per heavy atom. The average molecular weight is 401 g/mol. The highest BCUT2D eigenvalue weighted by molar-refractivity contribution is 8.27. The highest BCUT2D eigenvalue weighted by Crippen LogP contribution is 2.36. The third-order valence-electron chi connectivity index (χ3n) is 3.64. The van der Waals surface area contributed by atoms with Crippen LogP contribution in [0.4, 0.5) is 5.69 Å². The lowest BCUT2D eigenvalue weighted by Crippen LogP contribution is -2.27.